The van der Waals surface area contributed by atoms with E-state index in [1.54, 1.807) is 18.2 Å². The molecule has 0 bridgehead atoms. The van der Waals surface area contributed by atoms with Crippen LogP contribution in [0.4, 0.5) is 5.69 Å². The van der Waals surface area contributed by atoms with Crippen molar-refractivity contribution in [1.29, 1.82) is 0 Å². The van der Waals surface area contributed by atoms with Gasteiger partial charge in [0.15, 0.2) is 0 Å². The summed E-state index contributed by atoms with van der Waals surface area (Å²) >= 11 is 0. The minimum Gasteiger partial charge on any atom is -0.493 e. The average Bonchev–Trinajstić information content (AvgIpc) is 2.39. The van der Waals surface area contributed by atoms with Crippen molar-refractivity contribution in [3.8, 4) is 5.75 Å². The third-order valence-electron chi connectivity index (χ3n) is 2.37. The molecule has 0 amide bonds. The van der Waals surface area contributed by atoms with Crippen molar-refractivity contribution < 1.29 is 19.0 Å². The molecular formula is C14H21NO4. The molecule has 5 nitrogen and oxygen atoms in total. The molecule has 106 valence electrons. The first-order chi connectivity index (χ1) is 9.20. The fraction of sp³-hybridized carbons (Fsp3) is 0.500. The summed E-state index contributed by atoms with van der Waals surface area (Å²) in [5, 5.41) is 0. The van der Waals surface area contributed by atoms with Crippen molar-refractivity contribution in [2.45, 2.75) is 20.3 Å². The van der Waals surface area contributed by atoms with Gasteiger partial charge in [-0.1, -0.05) is 13.0 Å². The quantitative estimate of drug-likeness (QED) is 0.444. The Bertz CT molecular complexity index is 406. The van der Waals surface area contributed by atoms with Gasteiger partial charge in [0.05, 0.1) is 13.2 Å². The highest BCUT2D eigenvalue weighted by molar-refractivity contribution is 5.98. The average molecular weight is 267 g/mol. The summed E-state index contributed by atoms with van der Waals surface area (Å²) in [6.45, 7) is 5.58. The number of carbonyl (C=O) groups is 1. The molecule has 0 atom stereocenters. The number of rotatable bonds is 8. The van der Waals surface area contributed by atoms with Gasteiger partial charge in [0.25, 0.3) is 0 Å². The largest absolute Gasteiger partial charge is 0.493 e. The number of benzene rings is 1. The summed E-state index contributed by atoms with van der Waals surface area (Å²) in [6.07, 6.45) is 0.939. The van der Waals surface area contributed by atoms with Gasteiger partial charge in [0, 0.05) is 12.3 Å². The number of nitrogens with two attached hydrogens (primary N) is 1. The Labute approximate surface area is 113 Å². The topological polar surface area (TPSA) is 70.8 Å². The maximum Gasteiger partial charge on any atom is 0.344 e. The van der Waals surface area contributed by atoms with E-state index in [1.807, 2.05) is 13.8 Å². The van der Waals surface area contributed by atoms with Crippen LogP contribution in [-0.2, 0) is 9.47 Å². The lowest BCUT2D eigenvalue weighted by Crippen LogP contribution is -2.14. The molecule has 19 heavy (non-hydrogen) atoms. The van der Waals surface area contributed by atoms with E-state index < -0.39 is 5.97 Å². The fourth-order valence-corrected chi connectivity index (χ4v) is 1.55. The molecule has 0 aliphatic rings. The van der Waals surface area contributed by atoms with Gasteiger partial charge in [-0.05, 0) is 25.5 Å². The molecule has 1 rings (SSSR count). The first kappa shape index (κ1) is 15.3. The first-order valence-electron chi connectivity index (χ1n) is 6.46. The van der Waals surface area contributed by atoms with Crippen LogP contribution < -0.4 is 10.5 Å². The number of hydrogen-bond acceptors (Lipinski definition) is 5. The van der Waals surface area contributed by atoms with Gasteiger partial charge in [0.1, 0.15) is 17.9 Å². The van der Waals surface area contributed by atoms with Crippen LogP contribution in [0.3, 0.4) is 0 Å². The third kappa shape index (κ3) is 4.79. The lowest BCUT2D eigenvalue weighted by molar-refractivity contribution is 0.0316. The molecule has 0 saturated carbocycles. The van der Waals surface area contributed by atoms with E-state index in [9.17, 15) is 4.79 Å². The standard InChI is InChI=1S/C14H21NO4/c1-3-8-17-9-10-19-14(16)13-11(15)6-5-7-12(13)18-4-2/h5-7H,3-4,8-10,15H2,1-2H3. The molecule has 2 N–H and O–H groups in total. The van der Waals surface area contributed by atoms with E-state index in [-0.39, 0.29) is 12.2 Å². The molecule has 1 aromatic rings. The zero-order valence-electron chi connectivity index (χ0n) is 11.5. The predicted molar refractivity (Wildman–Crippen MR) is 73.4 cm³/mol. The van der Waals surface area contributed by atoms with Gasteiger partial charge in [-0.15, -0.1) is 0 Å². The lowest BCUT2D eigenvalue weighted by Gasteiger charge is -2.12. The number of esters is 1. The number of hydrogen-bond donors (Lipinski definition) is 1. The summed E-state index contributed by atoms with van der Waals surface area (Å²) in [7, 11) is 0. The molecule has 0 aliphatic carbocycles. The Kier molecular flexibility index (Phi) is 6.74. The van der Waals surface area contributed by atoms with Crippen molar-refractivity contribution in [1.82, 2.24) is 0 Å². The summed E-state index contributed by atoms with van der Waals surface area (Å²) in [6, 6.07) is 5.08. The normalized spacial score (nSPS) is 10.2. The van der Waals surface area contributed by atoms with Crippen molar-refractivity contribution in [2.24, 2.45) is 0 Å². The number of nitrogen functional groups attached to an aromatic ring is 1. The highest BCUT2D eigenvalue weighted by atomic mass is 16.6. The van der Waals surface area contributed by atoms with Crippen LogP contribution in [-0.4, -0.2) is 32.4 Å². The van der Waals surface area contributed by atoms with E-state index in [2.05, 4.69) is 0 Å². The Morgan fingerprint density at radius 3 is 2.68 bits per heavy atom. The maximum absolute atomic E-state index is 12.0. The number of ether oxygens (including phenoxy) is 3. The van der Waals surface area contributed by atoms with Crippen molar-refractivity contribution in [3.63, 3.8) is 0 Å². The molecule has 0 fully saturated rings. The van der Waals surface area contributed by atoms with E-state index in [4.69, 9.17) is 19.9 Å². The maximum atomic E-state index is 12.0. The van der Waals surface area contributed by atoms with E-state index in [0.29, 0.717) is 31.3 Å². The second kappa shape index (κ2) is 8.37. The fourth-order valence-electron chi connectivity index (χ4n) is 1.55. The predicted octanol–water partition coefficient (Wildman–Crippen LogP) is 2.25. The molecule has 0 saturated heterocycles. The van der Waals surface area contributed by atoms with Crippen molar-refractivity contribution >= 4 is 11.7 Å². The van der Waals surface area contributed by atoms with E-state index in [1.165, 1.54) is 0 Å². The molecule has 0 aromatic heterocycles. The number of carbonyl (C=O) groups excluding carboxylic acids is 1. The first-order valence-corrected chi connectivity index (χ1v) is 6.46. The smallest absolute Gasteiger partial charge is 0.344 e. The molecule has 0 aliphatic heterocycles. The number of anilines is 1. The Morgan fingerprint density at radius 1 is 1.21 bits per heavy atom. The second-order valence-electron chi connectivity index (χ2n) is 3.90. The zero-order chi connectivity index (χ0) is 14.1. The lowest BCUT2D eigenvalue weighted by atomic mass is 10.1. The highest BCUT2D eigenvalue weighted by Gasteiger charge is 2.17. The monoisotopic (exact) mass is 267 g/mol. The Balaban J connectivity index is 2.60. The van der Waals surface area contributed by atoms with Crippen LogP contribution in [0.5, 0.6) is 5.75 Å². The van der Waals surface area contributed by atoms with Crippen molar-refractivity contribution in [2.75, 3.05) is 32.2 Å². The van der Waals surface area contributed by atoms with Gasteiger partial charge in [-0.2, -0.15) is 0 Å². The summed E-state index contributed by atoms with van der Waals surface area (Å²) in [5.41, 5.74) is 6.42. The minimum atomic E-state index is -0.485. The molecule has 1 aromatic carbocycles. The van der Waals surface area contributed by atoms with Crippen LogP contribution in [0, 0.1) is 0 Å². The van der Waals surface area contributed by atoms with Crippen LogP contribution in [0.1, 0.15) is 30.6 Å². The van der Waals surface area contributed by atoms with Gasteiger partial charge >= 0.3 is 5.97 Å². The molecule has 0 unspecified atom stereocenters. The highest BCUT2D eigenvalue weighted by Crippen LogP contribution is 2.25. The van der Waals surface area contributed by atoms with Crippen LogP contribution in [0.2, 0.25) is 0 Å². The van der Waals surface area contributed by atoms with Gasteiger partial charge < -0.3 is 19.9 Å². The second-order valence-corrected chi connectivity index (χ2v) is 3.90. The molecule has 5 heteroatoms. The Hall–Kier alpha value is -1.75. The molecule has 0 heterocycles. The Morgan fingerprint density at radius 2 is 2.00 bits per heavy atom. The van der Waals surface area contributed by atoms with Crippen molar-refractivity contribution in [3.05, 3.63) is 23.8 Å². The van der Waals surface area contributed by atoms with E-state index in [0.717, 1.165) is 6.42 Å². The van der Waals surface area contributed by atoms with Gasteiger partial charge in [0.2, 0.25) is 0 Å². The summed E-state index contributed by atoms with van der Waals surface area (Å²) in [5.74, 6) is -0.0383. The zero-order valence-corrected chi connectivity index (χ0v) is 11.5. The molecule has 0 radical (unpaired) electrons. The third-order valence-corrected chi connectivity index (χ3v) is 2.37. The summed E-state index contributed by atoms with van der Waals surface area (Å²) < 4.78 is 15.7. The minimum absolute atomic E-state index is 0.207. The van der Waals surface area contributed by atoms with Gasteiger partial charge in [-0.3, -0.25) is 0 Å². The SMILES string of the molecule is CCCOCCOC(=O)c1c(N)cccc1OCC. The van der Waals surface area contributed by atoms with Crippen LogP contribution in [0.15, 0.2) is 18.2 Å². The summed E-state index contributed by atoms with van der Waals surface area (Å²) in [4.78, 5) is 12.0. The molecular weight excluding hydrogens is 246 g/mol. The van der Waals surface area contributed by atoms with Crippen LogP contribution in [0.25, 0.3) is 0 Å². The van der Waals surface area contributed by atoms with Crippen LogP contribution >= 0.6 is 0 Å². The molecule has 0 spiro atoms. The van der Waals surface area contributed by atoms with Gasteiger partial charge in [-0.25, -0.2) is 4.79 Å². The van der Waals surface area contributed by atoms with E-state index >= 15 is 0 Å².